The van der Waals surface area contributed by atoms with Gasteiger partial charge in [-0.1, -0.05) is 13.0 Å². The lowest BCUT2D eigenvalue weighted by Gasteiger charge is -2.17. The lowest BCUT2D eigenvalue weighted by atomic mass is 10.2. The van der Waals surface area contributed by atoms with Crippen LogP contribution in [0.2, 0.25) is 0 Å². The van der Waals surface area contributed by atoms with Crippen LogP contribution in [0.15, 0.2) is 24.3 Å². The van der Waals surface area contributed by atoms with Gasteiger partial charge in [-0.15, -0.1) is 0 Å². The Bertz CT molecular complexity index is 667. The zero-order valence-corrected chi connectivity index (χ0v) is 11.9. The summed E-state index contributed by atoms with van der Waals surface area (Å²) in [7, 11) is 1.79. The van der Waals surface area contributed by atoms with E-state index >= 15 is 0 Å². The predicted molar refractivity (Wildman–Crippen MR) is 79.2 cm³/mol. The van der Waals surface area contributed by atoms with E-state index < -0.39 is 0 Å². The van der Waals surface area contributed by atoms with Gasteiger partial charge in [0.2, 0.25) is 11.9 Å². The molecule has 1 aromatic heterocycles. The van der Waals surface area contributed by atoms with Crippen molar-refractivity contribution in [2.24, 2.45) is 0 Å². The maximum atomic E-state index is 8.95. The summed E-state index contributed by atoms with van der Waals surface area (Å²) in [6.45, 7) is 2.50. The van der Waals surface area contributed by atoms with Crippen LogP contribution in [0.1, 0.15) is 18.9 Å². The summed E-state index contributed by atoms with van der Waals surface area (Å²) in [6, 6.07) is 9.42. The summed E-state index contributed by atoms with van der Waals surface area (Å²) in [5, 5.41) is 8.95. The van der Waals surface area contributed by atoms with Gasteiger partial charge in [0.1, 0.15) is 0 Å². The van der Waals surface area contributed by atoms with Gasteiger partial charge in [-0.05, 0) is 24.6 Å². The van der Waals surface area contributed by atoms with Crippen molar-refractivity contribution in [3.8, 4) is 12.1 Å². The minimum Gasteiger partial charge on any atom is -0.463 e. The van der Waals surface area contributed by atoms with E-state index in [0.717, 1.165) is 12.1 Å². The molecule has 0 unspecified atom stereocenters. The standard InChI is InChI=1S/C14H16N6O/c1-3-7-21-14-18-12(16)17-13(19-14)20(2)11-6-4-5-10(8-11)9-15/h4-6,8H,3,7H2,1-2H3,(H2,16,17,18,19). The molecule has 0 radical (unpaired) electrons. The number of hydrogen-bond donors (Lipinski definition) is 1. The molecule has 21 heavy (non-hydrogen) atoms. The molecular weight excluding hydrogens is 268 g/mol. The Morgan fingerprint density at radius 3 is 2.86 bits per heavy atom. The van der Waals surface area contributed by atoms with E-state index in [1.54, 1.807) is 30.1 Å². The van der Waals surface area contributed by atoms with Crippen LogP contribution in [0.5, 0.6) is 6.01 Å². The van der Waals surface area contributed by atoms with E-state index in [9.17, 15) is 0 Å². The lowest BCUT2D eigenvalue weighted by Crippen LogP contribution is -2.16. The van der Waals surface area contributed by atoms with E-state index in [1.807, 2.05) is 13.0 Å². The molecule has 2 aromatic rings. The Morgan fingerprint density at radius 2 is 2.14 bits per heavy atom. The molecule has 0 amide bonds. The number of benzene rings is 1. The predicted octanol–water partition coefficient (Wildman–Crippen LogP) is 1.88. The minimum absolute atomic E-state index is 0.0920. The molecular formula is C14H16N6O. The van der Waals surface area contributed by atoms with Crippen molar-refractivity contribution in [1.82, 2.24) is 15.0 Å². The van der Waals surface area contributed by atoms with Crippen molar-refractivity contribution in [2.75, 3.05) is 24.3 Å². The topological polar surface area (TPSA) is 101 Å². The van der Waals surface area contributed by atoms with Gasteiger partial charge in [0, 0.05) is 12.7 Å². The fourth-order valence-electron chi connectivity index (χ4n) is 1.67. The molecule has 1 aromatic carbocycles. The number of rotatable bonds is 5. The van der Waals surface area contributed by atoms with Crippen molar-refractivity contribution in [3.05, 3.63) is 29.8 Å². The Balaban J connectivity index is 2.31. The molecule has 7 nitrogen and oxygen atoms in total. The number of nitrogen functional groups attached to an aromatic ring is 1. The molecule has 0 fully saturated rings. The highest BCUT2D eigenvalue weighted by molar-refractivity contribution is 5.59. The quantitative estimate of drug-likeness (QED) is 0.894. The van der Waals surface area contributed by atoms with Crippen LogP contribution in [0, 0.1) is 11.3 Å². The van der Waals surface area contributed by atoms with Crippen LogP contribution >= 0.6 is 0 Å². The SMILES string of the molecule is CCCOc1nc(N)nc(N(C)c2cccc(C#N)c2)n1. The Labute approximate surface area is 123 Å². The third kappa shape index (κ3) is 3.57. The van der Waals surface area contributed by atoms with E-state index in [2.05, 4.69) is 21.0 Å². The molecule has 7 heteroatoms. The van der Waals surface area contributed by atoms with E-state index in [4.69, 9.17) is 15.7 Å². The van der Waals surface area contributed by atoms with Gasteiger partial charge < -0.3 is 15.4 Å². The maximum Gasteiger partial charge on any atom is 0.323 e. The van der Waals surface area contributed by atoms with Crippen molar-refractivity contribution < 1.29 is 4.74 Å². The zero-order chi connectivity index (χ0) is 15.2. The van der Waals surface area contributed by atoms with Crippen LogP contribution in [0.25, 0.3) is 0 Å². The monoisotopic (exact) mass is 284 g/mol. The van der Waals surface area contributed by atoms with Crippen molar-refractivity contribution in [2.45, 2.75) is 13.3 Å². The number of hydrogen-bond acceptors (Lipinski definition) is 7. The zero-order valence-electron chi connectivity index (χ0n) is 11.9. The van der Waals surface area contributed by atoms with E-state index in [-0.39, 0.29) is 12.0 Å². The number of nitrogens with two attached hydrogens (primary N) is 1. The van der Waals surface area contributed by atoms with Crippen LogP contribution < -0.4 is 15.4 Å². The molecule has 1 heterocycles. The van der Waals surface area contributed by atoms with Crippen LogP contribution in [0.4, 0.5) is 17.6 Å². The van der Waals surface area contributed by atoms with Gasteiger partial charge in [0.05, 0.1) is 18.2 Å². The highest BCUT2D eigenvalue weighted by atomic mass is 16.5. The van der Waals surface area contributed by atoms with Crippen molar-refractivity contribution in [3.63, 3.8) is 0 Å². The largest absolute Gasteiger partial charge is 0.463 e. The Hall–Kier alpha value is -2.88. The van der Waals surface area contributed by atoms with Gasteiger partial charge in [-0.2, -0.15) is 20.2 Å². The second kappa shape index (κ2) is 6.52. The summed E-state index contributed by atoms with van der Waals surface area (Å²) in [5.74, 6) is 0.457. The van der Waals surface area contributed by atoms with Gasteiger partial charge in [-0.25, -0.2) is 0 Å². The highest BCUT2D eigenvalue weighted by Gasteiger charge is 2.12. The number of ether oxygens (including phenoxy) is 1. The first-order valence-electron chi connectivity index (χ1n) is 6.52. The molecule has 108 valence electrons. The second-order valence-corrected chi connectivity index (χ2v) is 4.35. The molecule has 2 N–H and O–H groups in total. The van der Waals surface area contributed by atoms with Gasteiger partial charge in [0.25, 0.3) is 0 Å². The molecule has 0 atom stereocenters. The third-order valence-corrected chi connectivity index (χ3v) is 2.72. The molecule has 0 bridgehead atoms. The maximum absolute atomic E-state index is 8.95. The summed E-state index contributed by atoms with van der Waals surface area (Å²) in [5.41, 5.74) is 7.02. The molecule has 0 saturated carbocycles. The van der Waals surface area contributed by atoms with Crippen LogP contribution in [0.3, 0.4) is 0 Å². The smallest absolute Gasteiger partial charge is 0.323 e. The molecule has 2 rings (SSSR count). The van der Waals surface area contributed by atoms with Crippen molar-refractivity contribution in [1.29, 1.82) is 5.26 Å². The molecule has 0 aliphatic carbocycles. The molecule has 0 spiro atoms. The Kier molecular flexibility index (Phi) is 4.51. The summed E-state index contributed by atoms with van der Waals surface area (Å²) >= 11 is 0. The average Bonchev–Trinajstić information content (AvgIpc) is 2.51. The van der Waals surface area contributed by atoms with Gasteiger partial charge >= 0.3 is 6.01 Å². The number of nitrogens with zero attached hydrogens (tertiary/aromatic N) is 5. The molecule has 0 aliphatic rings. The van der Waals surface area contributed by atoms with Crippen molar-refractivity contribution >= 4 is 17.6 Å². The second-order valence-electron chi connectivity index (χ2n) is 4.35. The summed E-state index contributed by atoms with van der Waals surface area (Å²) < 4.78 is 5.39. The summed E-state index contributed by atoms with van der Waals surface area (Å²) in [4.78, 5) is 14.0. The third-order valence-electron chi connectivity index (χ3n) is 2.72. The fraction of sp³-hybridized carbons (Fsp3) is 0.286. The normalized spacial score (nSPS) is 9.95. The first-order chi connectivity index (χ1) is 10.1. The van der Waals surface area contributed by atoms with E-state index in [0.29, 0.717) is 18.1 Å². The Morgan fingerprint density at radius 1 is 1.33 bits per heavy atom. The lowest BCUT2D eigenvalue weighted by molar-refractivity contribution is 0.292. The number of anilines is 3. The van der Waals surface area contributed by atoms with Gasteiger partial charge in [0.15, 0.2) is 0 Å². The van der Waals surface area contributed by atoms with Crippen LogP contribution in [-0.4, -0.2) is 28.6 Å². The highest BCUT2D eigenvalue weighted by Crippen LogP contribution is 2.22. The van der Waals surface area contributed by atoms with E-state index in [1.165, 1.54) is 0 Å². The fourth-order valence-corrected chi connectivity index (χ4v) is 1.67. The molecule has 0 aliphatic heterocycles. The van der Waals surface area contributed by atoms with Gasteiger partial charge in [-0.3, -0.25) is 0 Å². The average molecular weight is 284 g/mol. The van der Waals surface area contributed by atoms with Crippen LogP contribution in [-0.2, 0) is 0 Å². The number of nitriles is 1. The first-order valence-corrected chi connectivity index (χ1v) is 6.52. The first kappa shape index (κ1) is 14.5. The number of aromatic nitrogens is 3. The summed E-state index contributed by atoms with van der Waals surface area (Å²) in [6.07, 6.45) is 0.848. The molecule has 0 saturated heterocycles. The minimum atomic E-state index is 0.0920.